The molecule has 0 aliphatic heterocycles. The van der Waals surface area contributed by atoms with E-state index in [9.17, 15) is 4.79 Å². The Labute approximate surface area is 134 Å². The maximum absolute atomic E-state index is 12.0. The van der Waals surface area contributed by atoms with Crippen molar-refractivity contribution < 1.29 is 18.7 Å². The highest BCUT2D eigenvalue weighted by Gasteiger charge is 2.22. The van der Waals surface area contributed by atoms with Crippen LogP contribution < -0.4 is 16.2 Å². The predicted molar refractivity (Wildman–Crippen MR) is 87.4 cm³/mol. The fourth-order valence-corrected chi connectivity index (χ4v) is 2.27. The number of carbonyl (C=O) groups excluding carboxylic acids is 1. The number of benzene rings is 1. The molecule has 23 heavy (non-hydrogen) atoms. The summed E-state index contributed by atoms with van der Waals surface area (Å²) >= 11 is 0. The molecule has 1 unspecified atom stereocenters. The normalized spacial score (nSPS) is 12.0. The van der Waals surface area contributed by atoms with Crippen LogP contribution in [0.5, 0.6) is 5.75 Å². The molecule has 4 N–H and O–H groups in total. The van der Waals surface area contributed by atoms with Gasteiger partial charge in [-0.15, -0.1) is 0 Å². The highest BCUT2D eigenvalue weighted by molar-refractivity contribution is 5.98. The Hall–Kier alpha value is -2.70. The largest absolute Gasteiger partial charge is 0.468 e. The molecule has 1 aromatic heterocycles. The third-order valence-corrected chi connectivity index (χ3v) is 3.28. The van der Waals surface area contributed by atoms with Crippen LogP contribution in [-0.4, -0.2) is 24.8 Å². The zero-order valence-electron chi connectivity index (χ0n) is 13.5. The van der Waals surface area contributed by atoms with Gasteiger partial charge in [-0.3, -0.25) is 0 Å². The van der Waals surface area contributed by atoms with Crippen LogP contribution >= 0.6 is 0 Å². The van der Waals surface area contributed by atoms with Crippen LogP contribution in [0.15, 0.2) is 27.6 Å². The molecule has 0 saturated carbocycles. The molecule has 124 valence electrons. The number of aliphatic imine (C=N–C) groups is 1. The molecule has 7 heteroatoms. The SMILES string of the molecule is CCOC(=O)c1oc2cccc(OC(CC)N=C(N)N)c2c1C. The van der Waals surface area contributed by atoms with E-state index in [1.165, 1.54) is 0 Å². The zero-order chi connectivity index (χ0) is 17.0. The van der Waals surface area contributed by atoms with Crippen molar-refractivity contribution in [3.63, 3.8) is 0 Å². The Bertz CT molecular complexity index is 732. The van der Waals surface area contributed by atoms with Gasteiger partial charge >= 0.3 is 5.97 Å². The molecule has 1 atom stereocenters. The van der Waals surface area contributed by atoms with Crippen LogP contribution in [0.2, 0.25) is 0 Å². The molecule has 7 nitrogen and oxygen atoms in total. The Morgan fingerprint density at radius 2 is 2.09 bits per heavy atom. The first kappa shape index (κ1) is 16.7. The number of guanidine groups is 1. The molecule has 0 aliphatic rings. The summed E-state index contributed by atoms with van der Waals surface area (Å²) < 4.78 is 16.5. The average Bonchev–Trinajstić information content (AvgIpc) is 2.84. The minimum absolute atomic E-state index is 0.0415. The molecule has 2 rings (SSSR count). The minimum Gasteiger partial charge on any atom is -0.468 e. The van der Waals surface area contributed by atoms with Crippen molar-refractivity contribution in [3.05, 3.63) is 29.5 Å². The number of ether oxygens (including phenoxy) is 2. The van der Waals surface area contributed by atoms with Crippen LogP contribution in [0.25, 0.3) is 11.0 Å². The second kappa shape index (κ2) is 7.04. The van der Waals surface area contributed by atoms with Gasteiger partial charge in [-0.2, -0.15) is 0 Å². The number of hydrogen-bond acceptors (Lipinski definition) is 5. The number of aryl methyl sites for hydroxylation is 1. The number of carbonyl (C=O) groups is 1. The minimum atomic E-state index is -0.508. The highest BCUT2D eigenvalue weighted by atomic mass is 16.5. The van der Waals surface area contributed by atoms with E-state index < -0.39 is 12.2 Å². The number of rotatable bonds is 6. The number of nitrogens with zero attached hydrogens (tertiary/aromatic N) is 1. The van der Waals surface area contributed by atoms with Crippen LogP contribution in [0.1, 0.15) is 36.4 Å². The molecule has 0 amide bonds. The zero-order valence-corrected chi connectivity index (χ0v) is 13.5. The van der Waals surface area contributed by atoms with Crippen molar-refractivity contribution in [3.8, 4) is 5.75 Å². The van der Waals surface area contributed by atoms with Gasteiger partial charge in [-0.05, 0) is 26.0 Å². The number of nitrogens with two attached hydrogens (primary N) is 2. The predicted octanol–water partition coefficient (Wildman–Crippen LogP) is 2.31. The molecule has 0 radical (unpaired) electrons. The van der Waals surface area contributed by atoms with E-state index in [2.05, 4.69) is 4.99 Å². The summed E-state index contributed by atoms with van der Waals surface area (Å²) in [5.41, 5.74) is 12.0. The lowest BCUT2D eigenvalue weighted by molar-refractivity contribution is 0.0491. The van der Waals surface area contributed by atoms with Crippen molar-refractivity contribution in [1.82, 2.24) is 0 Å². The van der Waals surface area contributed by atoms with Crippen molar-refractivity contribution in [2.75, 3.05) is 6.61 Å². The van der Waals surface area contributed by atoms with Gasteiger partial charge in [0.1, 0.15) is 11.3 Å². The molecule has 2 aromatic rings. The van der Waals surface area contributed by atoms with Gasteiger partial charge in [-0.25, -0.2) is 9.79 Å². The van der Waals surface area contributed by atoms with E-state index in [1.807, 2.05) is 6.92 Å². The number of esters is 1. The van der Waals surface area contributed by atoms with Crippen molar-refractivity contribution >= 4 is 22.9 Å². The molecule has 0 spiro atoms. The van der Waals surface area contributed by atoms with Gasteiger partial charge in [0, 0.05) is 12.0 Å². The molecular weight excluding hydrogens is 298 g/mol. The topological polar surface area (TPSA) is 113 Å². The van der Waals surface area contributed by atoms with Gasteiger partial charge in [0.05, 0.1) is 12.0 Å². The first-order valence-electron chi connectivity index (χ1n) is 7.42. The fraction of sp³-hybridized carbons (Fsp3) is 0.375. The molecule has 0 bridgehead atoms. The maximum atomic E-state index is 12.0. The monoisotopic (exact) mass is 319 g/mol. The lowest BCUT2D eigenvalue weighted by Gasteiger charge is -2.14. The quantitative estimate of drug-likeness (QED) is 0.480. The van der Waals surface area contributed by atoms with Crippen LogP contribution in [0.4, 0.5) is 0 Å². The highest BCUT2D eigenvalue weighted by Crippen LogP contribution is 2.34. The van der Waals surface area contributed by atoms with Gasteiger partial charge < -0.3 is 25.4 Å². The summed E-state index contributed by atoms with van der Waals surface area (Å²) in [4.78, 5) is 16.0. The number of fused-ring (bicyclic) bond motifs is 1. The number of furan rings is 1. The lowest BCUT2D eigenvalue weighted by atomic mass is 10.1. The molecule has 0 fully saturated rings. The molecule has 0 aliphatic carbocycles. The summed E-state index contributed by atoms with van der Waals surface area (Å²) in [5, 5.41) is 0.708. The Morgan fingerprint density at radius 1 is 1.35 bits per heavy atom. The number of hydrogen-bond donors (Lipinski definition) is 2. The van der Waals surface area contributed by atoms with E-state index in [1.54, 1.807) is 32.0 Å². The second-order valence-corrected chi connectivity index (χ2v) is 4.94. The van der Waals surface area contributed by atoms with E-state index in [0.29, 0.717) is 28.7 Å². The maximum Gasteiger partial charge on any atom is 0.374 e. The summed E-state index contributed by atoms with van der Waals surface area (Å²) in [6.07, 6.45) is 0.0848. The summed E-state index contributed by atoms with van der Waals surface area (Å²) in [5.74, 6) is 0.188. The smallest absolute Gasteiger partial charge is 0.374 e. The first-order chi connectivity index (χ1) is 11.0. The van der Waals surface area contributed by atoms with Gasteiger partial charge in [0.25, 0.3) is 0 Å². The molecular formula is C16H21N3O4. The summed E-state index contributed by atoms with van der Waals surface area (Å²) in [6, 6.07) is 5.32. The third-order valence-electron chi connectivity index (χ3n) is 3.28. The first-order valence-corrected chi connectivity index (χ1v) is 7.42. The lowest BCUT2D eigenvalue weighted by Crippen LogP contribution is -2.27. The van der Waals surface area contributed by atoms with E-state index in [0.717, 1.165) is 0 Å². The molecule has 1 heterocycles. The summed E-state index contributed by atoms with van der Waals surface area (Å²) in [6.45, 7) is 5.71. The van der Waals surface area contributed by atoms with E-state index in [4.69, 9.17) is 25.4 Å². The van der Waals surface area contributed by atoms with Crippen molar-refractivity contribution in [2.45, 2.75) is 33.4 Å². The van der Waals surface area contributed by atoms with E-state index >= 15 is 0 Å². The van der Waals surface area contributed by atoms with Crippen LogP contribution in [-0.2, 0) is 4.74 Å². The van der Waals surface area contributed by atoms with Gasteiger partial charge in [0.2, 0.25) is 5.76 Å². The second-order valence-electron chi connectivity index (χ2n) is 4.94. The van der Waals surface area contributed by atoms with Crippen molar-refractivity contribution in [1.29, 1.82) is 0 Å². The van der Waals surface area contributed by atoms with Crippen molar-refractivity contribution in [2.24, 2.45) is 16.5 Å². The summed E-state index contributed by atoms with van der Waals surface area (Å²) in [7, 11) is 0. The average molecular weight is 319 g/mol. The third kappa shape index (κ3) is 3.56. The Kier molecular flexibility index (Phi) is 5.10. The van der Waals surface area contributed by atoms with E-state index in [-0.39, 0.29) is 18.3 Å². The Morgan fingerprint density at radius 3 is 2.70 bits per heavy atom. The van der Waals surface area contributed by atoms with Gasteiger partial charge in [-0.1, -0.05) is 13.0 Å². The Balaban J connectivity index is 2.45. The van der Waals surface area contributed by atoms with Gasteiger partial charge in [0.15, 0.2) is 12.2 Å². The van der Waals surface area contributed by atoms with Crippen LogP contribution in [0, 0.1) is 6.92 Å². The fourth-order valence-electron chi connectivity index (χ4n) is 2.27. The standard InChI is InChI=1S/C16H21N3O4/c1-4-12(19-16(17)18)22-10-7-6-8-11-13(10)9(3)14(23-11)15(20)21-5-2/h6-8,12H,4-5H2,1-3H3,(H4,17,18,19). The van der Waals surface area contributed by atoms with Crippen LogP contribution in [0.3, 0.4) is 0 Å². The molecule has 0 saturated heterocycles. The molecule has 1 aromatic carbocycles.